The molecule has 1 aromatic heterocycles. The van der Waals surface area contributed by atoms with Gasteiger partial charge in [-0.1, -0.05) is 6.42 Å². The average molecular weight is 380 g/mol. The van der Waals surface area contributed by atoms with Crippen LogP contribution in [0.25, 0.3) is 22.4 Å². The number of rotatable bonds is 4. The molecule has 6 heteroatoms. The number of amides is 1. The van der Waals surface area contributed by atoms with Crippen molar-refractivity contribution in [1.29, 1.82) is 0 Å². The molecule has 28 heavy (non-hydrogen) atoms. The van der Waals surface area contributed by atoms with Crippen LogP contribution in [0.5, 0.6) is 0 Å². The lowest BCUT2D eigenvalue weighted by Crippen LogP contribution is -2.29. The zero-order valence-corrected chi connectivity index (χ0v) is 16.2. The number of anilines is 1. The summed E-state index contributed by atoms with van der Waals surface area (Å²) in [4.78, 5) is 17.3. The standard InChI is InChI=1S/C22H25FN4O/c1-13-10-14(21-25-19-11-16(23)7-9-20(19)27(21)2)6-8-18(13)26-22(28)17-5-3-4-15(17)12-24/h6-11,15,17H,3-5,12,24H2,1-2H3,(H,26,28)/t15-,17-/m1/s1. The van der Waals surface area contributed by atoms with Crippen molar-refractivity contribution >= 4 is 22.6 Å². The summed E-state index contributed by atoms with van der Waals surface area (Å²) in [6.45, 7) is 2.53. The third-order valence-electron chi connectivity index (χ3n) is 5.88. The molecule has 0 saturated heterocycles. The van der Waals surface area contributed by atoms with E-state index in [9.17, 15) is 9.18 Å². The van der Waals surface area contributed by atoms with Crippen molar-refractivity contribution in [3.05, 3.63) is 47.8 Å². The monoisotopic (exact) mass is 380 g/mol. The Balaban J connectivity index is 1.60. The third kappa shape index (κ3) is 3.29. The van der Waals surface area contributed by atoms with Gasteiger partial charge in [0.2, 0.25) is 5.91 Å². The Morgan fingerprint density at radius 1 is 1.29 bits per heavy atom. The van der Waals surface area contributed by atoms with Gasteiger partial charge in [-0.2, -0.15) is 0 Å². The second-order valence-corrected chi connectivity index (χ2v) is 7.68. The summed E-state index contributed by atoms with van der Waals surface area (Å²) in [6.07, 6.45) is 2.99. The SMILES string of the molecule is Cc1cc(-c2nc3cc(F)ccc3n2C)ccc1NC(=O)[C@@H]1CCC[C@@H]1CN. The zero-order chi connectivity index (χ0) is 19.8. The van der Waals surface area contributed by atoms with Gasteiger partial charge in [-0.3, -0.25) is 4.79 Å². The number of nitrogens with one attached hydrogen (secondary N) is 1. The number of fused-ring (bicyclic) bond motifs is 1. The van der Waals surface area contributed by atoms with Crippen LogP contribution in [0.2, 0.25) is 0 Å². The molecule has 4 rings (SSSR count). The Morgan fingerprint density at radius 3 is 2.86 bits per heavy atom. The first-order valence-corrected chi connectivity index (χ1v) is 9.72. The molecule has 0 radical (unpaired) electrons. The summed E-state index contributed by atoms with van der Waals surface area (Å²) in [7, 11) is 1.92. The van der Waals surface area contributed by atoms with Crippen LogP contribution in [-0.4, -0.2) is 22.0 Å². The number of carbonyl (C=O) groups is 1. The summed E-state index contributed by atoms with van der Waals surface area (Å²) < 4.78 is 15.5. The highest BCUT2D eigenvalue weighted by Crippen LogP contribution is 2.33. The molecular weight excluding hydrogens is 355 g/mol. The van der Waals surface area contributed by atoms with Crippen molar-refractivity contribution in [1.82, 2.24) is 9.55 Å². The van der Waals surface area contributed by atoms with E-state index < -0.39 is 0 Å². The zero-order valence-electron chi connectivity index (χ0n) is 16.2. The highest BCUT2D eigenvalue weighted by atomic mass is 19.1. The van der Waals surface area contributed by atoms with Gasteiger partial charge in [0.15, 0.2) is 0 Å². The molecule has 1 aliphatic carbocycles. The molecule has 1 heterocycles. The Morgan fingerprint density at radius 2 is 2.11 bits per heavy atom. The minimum atomic E-state index is -0.297. The fourth-order valence-electron chi connectivity index (χ4n) is 4.26. The van der Waals surface area contributed by atoms with E-state index in [0.29, 0.717) is 12.1 Å². The fourth-order valence-corrected chi connectivity index (χ4v) is 4.26. The highest BCUT2D eigenvalue weighted by Gasteiger charge is 2.32. The molecule has 2 aromatic carbocycles. The molecule has 5 nitrogen and oxygen atoms in total. The number of imidazole rings is 1. The van der Waals surface area contributed by atoms with Gasteiger partial charge in [-0.05, 0) is 68.1 Å². The van der Waals surface area contributed by atoms with Crippen LogP contribution in [-0.2, 0) is 11.8 Å². The van der Waals surface area contributed by atoms with Crippen molar-refractivity contribution < 1.29 is 9.18 Å². The van der Waals surface area contributed by atoms with E-state index in [1.54, 1.807) is 6.07 Å². The summed E-state index contributed by atoms with van der Waals surface area (Å²) in [6, 6.07) is 10.5. The average Bonchev–Trinajstić information content (AvgIpc) is 3.28. The summed E-state index contributed by atoms with van der Waals surface area (Å²) in [5, 5.41) is 3.07. The van der Waals surface area contributed by atoms with Gasteiger partial charge < -0.3 is 15.6 Å². The molecular formula is C22H25FN4O. The third-order valence-corrected chi connectivity index (χ3v) is 5.88. The number of nitrogens with zero attached hydrogens (tertiary/aromatic N) is 2. The molecule has 3 N–H and O–H groups in total. The number of benzene rings is 2. The molecule has 0 spiro atoms. The van der Waals surface area contributed by atoms with Gasteiger partial charge >= 0.3 is 0 Å². The first kappa shape index (κ1) is 18.6. The maximum absolute atomic E-state index is 13.5. The van der Waals surface area contributed by atoms with Gasteiger partial charge in [0, 0.05) is 30.3 Å². The van der Waals surface area contributed by atoms with E-state index in [1.165, 1.54) is 12.1 Å². The molecule has 0 unspecified atom stereocenters. The van der Waals surface area contributed by atoms with E-state index in [0.717, 1.165) is 47.4 Å². The molecule has 2 atom stereocenters. The minimum Gasteiger partial charge on any atom is -0.330 e. The van der Waals surface area contributed by atoms with Crippen molar-refractivity contribution in [2.75, 3.05) is 11.9 Å². The fraction of sp³-hybridized carbons (Fsp3) is 0.364. The smallest absolute Gasteiger partial charge is 0.227 e. The Bertz CT molecular complexity index is 1040. The van der Waals surface area contributed by atoms with E-state index in [1.807, 2.05) is 36.7 Å². The van der Waals surface area contributed by atoms with Crippen LogP contribution in [0, 0.1) is 24.6 Å². The van der Waals surface area contributed by atoms with E-state index in [4.69, 9.17) is 5.73 Å². The summed E-state index contributed by atoms with van der Waals surface area (Å²) in [5.74, 6) is 0.801. The maximum Gasteiger partial charge on any atom is 0.227 e. The van der Waals surface area contributed by atoms with Crippen LogP contribution < -0.4 is 11.1 Å². The lowest BCUT2D eigenvalue weighted by molar-refractivity contribution is -0.120. The number of nitrogens with two attached hydrogens (primary N) is 1. The van der Waals surface area contributed by atoms with Crippen molar-refractivity contribution in [3.8, 4) is 11.4 Å². The summed E-state index contributed by atoms with van der Waals surface area (Å²) >= 11 is 0. The molecule has 1 saturated carbocycles. The predicted molar refractivity (Wildman–Crippen MR) is 109 cm³/mol. The van der Waals surface area contributed by atoms with E-state index in [-0.39, 0.29) is 23.6 Å². The lowest BCUT2D eigenvalue weighted by atomic mass is 9.95. The van der Waals surface area contributed by atoms with Gasteiger partial charge in [0.1, 0.15) is 11.6 Å². The number of hydrogen-bond acceptors (Lipinski definition) is 3. The molecule has 1 aliphatic rings. The number of carbonyl (C=O) groups excluding carboxylic acids is 1. The summed E-state index contributed by atoms with van der Waals surface area (Å²) in [5.41, 5.74) is 10.0. The van der Waals surface area contributed by atoms with Crippen molar-refractivity contribution in [2.45, 2.75) is 26.2 Å². The second kappa shape index (κ2) is 7.36. The van der Waals surface area contributed by atoms with Crippen LogP contribution in [0.3, 0.4) is 0 Å². The second-order valence-electron chi connectivity index (χ2n) is 7.68. The Kier molecular flexibility index (Phi) is 4.89. The predicted octanol–water partition coefficient (Wildman–Crippen LogP) is 4.00. The Labute approximate surface area is 163 Å². The largest absolute Gasteiger partial charge is 0.330 e. The molecule has 1 amide bonds. The Hall–Kier alpha value is -2.73. The number of hydrogen-bond donors (Lipinski definition) is 2. The molecule has 0 bridgehead atoms. The molecule has 1 fully saturated rings. The molecule has 0 aliphatic heterocycles. The first-order chi connectivity index (χ1) is 13.5. The minimum absolute atomic E-state index is 0.00110. The molecule has 3 aromatic rings. The van der Waals surface area contributed by atoms with Crippen LogP contribution in [0.15, 0.2) is 36.4 Å². The normalized spacial score (nSPS) is 19.3. The number of aryl methyl sites for hydroxylation is 2. The van der Waals surface area contributed by atoms with Crippen LogP contribution in [0.1, 0.15) is 24.8 Å². The van der Waals surface area contributed by atoms with Crippen LogP contribution >= 0.6 is 0 Å². The maximum atomic E-state index is 13.5. The van der Waals surface area contributed by atoms with Gasteiger partial charge in [-0.25, -0.2) is 9.37 Å². The topological polar surface area (TPSA) is 72.9 Å². The molecule has 146 valence electrons. The van der Waals surface area contributed by atoms with Crippen molar-refractivity contribution in [2.24, 2.45) is 24.6 Å². The highest BCUT2D eigenvalue weighted by molar-refractivity contribution is 5.94. The van der Waals surface area contributed by atoms with E-state index in [2.05, 4.69) is 10.3 Å². The number of aromatic nitrogens is 2. The van der Waals surface area contributed by atoms with Gasteiger partial charge in [0.25, 0.3) is 0 Å². The number of halogens is 1. The quantitative estimate of drug-likeness (QED) is 0.718. The van der Waals surface area contributed by atoms with Crippen LogP contribution in [0.4, 0.5) is 10.1 Å². The van der Waals surface area contributed by atoms with E-state index >= 15 is 0 Å². The van der Waals surface area contributed by atoms with Crippen molar-refractivity contribution in [3.63, 3.8) is 0 Å². The van der Waals surface area contributed by atoms with Gasteiger partial charge in [-0.15, -0.1) is 0 Å². The first-order valence-electron chi connectivity index (χ1n) is 9.72. The lowest BCUT2D eigenvalue weighted by Gasteiger charge is -2.18. The van der Waals surface area contributed by atoms with Gasteiger partial charge in [0.05, 0.1) is 11.0 Å².